The third-order valence-corrected chi connectivity index (χ3v) is 6.66. The van der Waals surface area contributed by atoms with E-state index in [2.05, 4.69) is 42.4 Å². The molecular weight excluding hydrogens is 449 g/mol. The van der Waals surface area contributed by atoms with Gasteiger partial charge in [0.1, 0.15) is 28.0 Å². The van der Waals surface area contributed by atoms with Gasteiger partial charge < -0.3 is 20.4 Å². The number of nitrogens with zero attached hydrogens (tertiary/aromatic N) is 5. The van der Waals surface area contributed by atoms with E-state index in [4.69, 9.17) is 11.6 Å². The number of hydrogen-bond donors (Lipinski definition) is 2. The quantitative estimate of drug-likeness (QED) is 0.589. The maximum Gasteiger partial charge on any atom is 0.267 e. The molecule has 0 unspecified atom stereocenters. The van der Waals surface area contributed by atoms with Gasteiger partial charge in [-0.15, -0.1) is 11.3 Å². The van der Waals surface area contributed by atoms with Gasteiger partial charge in [0, 0.05) is 37.6 Å². The van der Waals surface area contributed by atoms with E-state index in [1.807, 2.05) is 13.0 Å². The topological polar surface area (TPSA) is 86.3 Å². The first kappa shape index (κ1) is 20.9. The molecular formula is C18H19ClFN7OS2. The zero-order chi connectivity index (χ0) is 21.3. The van der Waals surface area contributed by atoms with E-state index in [9.17, 15) is 9.18 Å². The fourth-order valence-electron chi connectivity index (χ4n) is 2.96. The monoisotopic (exact) mass is 467 g/mol. The predicted octanol–water partition coefficient (Wildman–Crippen LogP) is 3.84. The Bertz CT molecular complexity index is 1050. The number of amides is 1. The Morgan fingerprint density at radius 2 is 2.03 bits per heavy atom. The minimum atomic E-state index is -0.538. The van der Waals surface area contributed by atoms with Gasteiger partial charge in [-0.3, -0.25) is 4.79 Å². The van der Waals surface area contributed by atoms with Crippen LogP contribution in [0.2, 0.25) is 5.02 Å². The second kappa shape index (κ2) is 8.80. The molecule has 1 amide bonds. The van der Waals surface area contributed by atoms with Crippen molar-refractivity contribution in [2.24, 2.45) is 0 Å². The largest absolute Gasteiger partial charge is 0.354 e. The summed E-state index contributed by atoms with van der Waals surface area (Å²) in [5.41, 5.74) is -0.0159. The molecule has 0 atom stereocenters. The summed E-state index contributed by atoms with van der Waals surface area (Å²) in [5.74, 6) is 1.63. The Morgan fingerprint density at radius 3 is 2.73 bits per heavy atom. The Morgan fingerprint density at radius 1 is 1.27 bits per heavy atom. The molecule has 0 aromatic carbocycles. The first-order valence-corrected chi connectivity index (χ1v) is 11.2. The number of hydrogen-bond acceptors (Lipinski definition) is 9. The van der Waals surface area contributed by atoms with Crippen molar-refractivity contribution in [3.63, 3.8) is 0 Å². The molecule has 0 bridgehead atoms. The highest BCUT2D eigenvalue weighted by Gasteiger charge is 2.19. The Kier molecular flexibility index (Phi) is 6.14. The molecule has 2 N–H and O–H groups in total. The highest BCUT2D eigenvalue weighted by molar-refractivity contribution is 7.17. The average molecular weight is 468 g/mol. The lowest BCUT2D eigenvalue weighted by Crippen LogP contribution is -2.44. The lowest BCUT2D eigenvalue weighted by molar-refractivity contribution is 0.103. The highest BCUT2D eigenvalue weighted by atomic mass is 35.5. The summed E-state index contributed by atoms with van der Waals surface area (Å²) in [6.45, 7) is 5.59. The van der Waals surface area contributed by atoms with E-state index in [0.29, 0.717) is 21.7 Å². The third-order valence-electron chi connectivity index (χ3n) is 4.56. The van der Waals surface area contributed by atoms with Gasteiger partial charge in [-0.1, -0.05) is 22.9 Å². The number of likely N-dealkylation sites (N-methyl/N-ethyl adjacent to an activating group) is 1. The molecule has 30 heavy (non-hydrogen) atoms. The van der Waals surface area contributed by atoms with Gasteiger partial charge in [0.05, 0.1) is 11.2 Å². The van der Waals surface area contributed by atoms with Crippen LogP contribution in [-0.4, -0.2) is 59.0 Å². The molecule has 0 radical (unpaired) electrons. The molecule has 1 aliphatic rings. The van der Waals surface area contributed by atoms with Crippen LogP contribution in [0.5, 0.6) is 0 Å². The van der Waals surface area contributed by atoms with Gasteiger partial charge in [-0.05, 0) is 14.0 Å². The number of aromatic nitrogens is 3. The molecule has 8 nitrogen and oxygen atoms in total. The molecule has 0 aliphatic carbocycles. The molecule has 1 aliphatic heterocycles. The van der Waals surface area contributed by atoms with Gasteiger partial charge in [-0.25, -0.2) is 15.0 Å². The molecule has 12 heteroatoms. The smallest absolute Gasteiger partial charge is 0.267 e. The van der Waals surface area contributed by atoms with Gasteiger partial charge in [-0.2, -0.15) is 4.39 Å². The van der Waals surface area contributed by atoms with Crippen LogP contribution >= 0.6 is 34.3 Å². The fourth-order valence-corrected chi connectivity index (χ4v) is 4.60. The number of halogens is 2. The lowest BCUT2D eigenvalue weighted by atomic mass is 10.3. The third kappa shape index (κ3) is 4.69. The lowest BCUT2D eigenvalue weighted by Gasteiger charge is -2.33. The SMILES string of the molecule is Cc1nc(Nc2ncc(C(=O)Nc3c(Cl)csc3F)s2)cc(N2CCN(C)CC2)n1. The second-order valence-electron chi connectivity index (χ2n) is 6.79. The summed E-state index contributed by atoms with van der Waals surface area (Å²) in [4.78, 5) is 30.4. The number of aryl methyl sites for hydroxylation is 1. The molecule has 1 saturated heterocycles. The van der Waals surface area contributed by atoms with Crippen molar-refractivity contribution in [3.05, 3.63) is 38.5 Å². The zero-order valence-corrected chi connectivity index (χ0v) is 18.7. The van der Waals surface area contributed by atoms with Crippen molar-refractivity contribution in [2.45, 2.75) is 6.92 Å². The number of piperazine rings is 1. The second-order valence-corrected chi connectivity index (χ2v) is 9.06. The van der Waals surface area contributed by atoms with Crippen LogP contribution in [0.4, 0.5) is 26.8 Å². The Labute approximate surface area is 185 Å². The number of anilines is 4. The first-order valence-electron chi connectivity index (χ1n) is 9.15. The fraction of sp³-hybridized carbons (Fsp3) is 0.333. The summed E-state index contributed by atoms with van der Waals surface area (Å²) in [6.07, 6.45) is 1.43. The predicted molar refractivity (Wildman–Crippen MR) is 119 cm³/mol. The van der Waals surface area contributed by atoms with Gasteiger partial charge in [0.15, 0.2) is 5.13 Å². The molecule has 4 rings (SSSR count). The Balaban J connectivity index is 1.46. The van der Waals surface area contributed by atoms with Crippen LogP contribution in [-0.2, 0) is 0 Å². The minimum absolute atomic E-state index is 0.0159. The van der Waals surface area contributed by atoms with E-state index in [-0.39, 0.29) is 10.7 Å². The zero-order valence-electron chi connectivity index (χ0n) is 16.3. The van der Waals surface area contributed by atoms with Crippen LogP contribution in [0.1, 0.15) is 15.5 Å². The minimum Gasteiger partial charge on any atom is -0.354 e. The van der Waals surface area contributed by atoms with Crippen molar-refractivity contribution >= 4 is 62.6 Å². The van der Waals surface area contributed by atoms with Crippen molar-refractivity contribution in [1.29, 1.82) is 0 Å². The number of rotatable bonds is 5. The van der Waals surface area contributed by atoms with Crippen LogP contribution in [0.25, 0.3) is 0 Å². The van der Waals surface area contributed by atoms with Crippen molar-refractivity contribution < 1.29 is 9.18 Å². The highest BCUT2D eigenvalue weighted by Crippen LogP contribution is 2.32. The molecule has 0 spiro atoms. The van der Waals surface area contributed by atoms with Gasteiger partial charge >= 0.3 is 0 Å². The standard InChI is InChI=1S/C18H19ClFN7OS2/c1-10-22-13(7-14(23-10)27-5-3-26(2)4-6-27)24-18-21-8-12(30-18)17(28)25-15-11(19)9-29-16(15)20/h7-9H,3-6H2,1-2H3,(H,25,28)(H,21,22,23,24). The number of nitrogens with one attached hydrogen (secondary N) is 2. The first-order chi connectivity index (χ1) is 14.4. The van der Waals surface area contributed by atoms with Gasteiger partial charge in [0.25, 0.3) is 5.91 Å². The van der Waals surface area contributed by atoms with Crippen LogP contribution in [0, 0.1) is 12.1 Å². The summed E-state index contributed by atoms with van der Waals surface area (Å²) in [6, 6.07) is 1.87. The number of thiophene rings is 1. The van der Waals surface area contributed by atoms with E-state index in [1.165, 1.54) is 11.6 Å². The molecule has 1 fully saturated rings. The number of carbonyl (C=O) groups is 1. The average Bonchev–Trinajstić information content (AvgIpc) is 3.30. The molecule has 3 aromatic rings. The van der Waals surface area contributed by atoms with E-state index in [0.717, 1.165) is 54.7 Å². The number of carbonyl (C=O) groups excluding carboxylic acids is 1. The molecule has 3 aromatic heterocycles. The van der Waals surface area contributed by atoms with Crippen molar-refractivity contribution in [3.8, 4) is 0 Å². The summed E-state index contributed by atoms with van der Waals surface area (Å²) < 4.78 is 13.7. The summed E-state index contributed by atoms with van der Waals surface area (Å²) in [7, 11) is 2.10. The maximum absolute atomic E-state index is 13.7. The summed E-state index contributed by atoms with van der Waals surface area (Å²) >= 11 is 7.87. The van der Waals surface area contributed by atoms with E-state index in [1.54, 1.807) is 0 Å². The maximum atomic E-state index is 13.7. The van der Waals surface area contributed by atoms with Crippen molar-refractivity contribution in [1.82, 2.24) is 19.9 Å². The Hall–Kier alpha value is -2.34. The van der Waals surface area contributed by atoms with E-state index >= 15 is 0 Å². The summed E-state index contributed by atoms with van der Waals surface area (Å²) in [5, 5.41) is 7.18. The molecule has 4 heterocycles. The van der Waals surface area contributed by atoms with Gasteiger partial charge in [0.2, 0.25) is 5.13 Å². The van der Waals surface area contributed by atoms with Crippen LogP contribution < -0.4 is 15.5 Å². The van der Waals surface area contributed by atoms with Crippen molar-refractivity contribution in [2.75, 3.05) is 48.8 Å². The normalized spacial score (nSPS) is 14.7. The number of thiazole rings is 1. The van der Waals surface area contributed by atoms with Crippen LogP contribution in [0.3, 0.4) is 0 Å². The van der Waals surface area contributed by atoms with Crippen LogP contribution in [0.15, 0.2) is 17.6 Å². The molecule has 0 saturated carbocycles. The van der Waals surface area contributed by atoms with E-state index < -0.39 is 11.0 Å². The molecule has 158 valence electrons.